The summed E-state index contributed by atoms with van der Waals surface area (Å²) in [5, 5.41) is 18.3. The zero-order valence-electron chi connectivity index (χ0n) is 8.05. The minimum absolute atomic E-state index is 0.0298. The Bertz CT molecular complexity index is 266. The molecule has 1 rings (SSSR count). The number of rotatable bonds is 5. The van der Waals surface area contributed by atoms with E-state index in [4.69, 9.17) is 10.2 Å². The predicted octanol–water partition coefficient (Wildman–Crippen LogP) is 0.689. The third-order valence-electron chi connectivity index (χ3n) is 1.67. The molecule has 0 saturated carbocycles. The Morgan fingerprint density at radius 2 is 2.00 bits per heavy atom. The zero-order valence-corrected chi connectivity index (χ0v) is 8.87. The van der Waals surface area contributed by atoms with E-state index in [0.717, 1.165) is 5.75 Å². The second-order valence-corrected chi connectivity index (χ2v) is 4.12. The summed E-state index contributed by atoms with van der Waals surface area (Å²) >= 11 is 1.51. The van der Waals surface area contributed by atoms with Crippen LogP contribution in [0, 0.1) is 5.92 Å². The molecule has 0 aliphatic heterocycles. The third kappa shape index (κ3) is 3.61. The molecule has 1 aromatic heterocycles. The highest BCUT2D eigenvalue weighted by Crippen LogP contribution is 2.15. The number of hydrogen-bond acceptors (Lipinski definition) is 5. The van der Waals surface area contributed by atoms with Crippen LogP contribution >= 0.6 is 11.8 Å². The Labute approximate surface area is 87.4 Å². The maximum absolute atomic E-state index is 8.81. The minimum Gasteiger partial charge on any atom is -0.396 e. The number of aliphatic hydroxyl groups is 2. The lowest BCUT2D eigenvalue weighted by Gasteiger charge is -2.05. The molecule has 0 saturated heterocycles. The van der Waals surface area contributed by atoms with Gasteiger partial charge in [-0.05, 0) is 5.92 Å². The Kier molecular flexibility index (Phi) is 4.86. The van der Waals surface area contributed by atoms with Crippen molar-refractivity contribution in [2.75, 3.05) is 12.4 Å². The molecule has 14 heavy (non-hydrogen) atoms. The first-order chi connectivity index (χ1) is 6.76. The van der Waals surface area contributed by atoms with Crippen molar-refractivity contribution in [1.82, 2.24) is 9.97 Å². The fourth-order valence-corrected chi connectivity index (χ4v) is 1.56. The monoisotopic (exact) mass is 214 g/mol. The molecule has 0 aromatic carbocycles. The van der Waals surface area contributed by atoms with E-state index in [1.807, 2.05) is 6.92 Å². The van der Waals surface area contributed by atoms with Crippen molar-refractivity contribution in [3.8, 4) is 0 Å². The number of thioether (sulfide) groups is 1. The fourth-order valence-electron chi connectivity index (χ4n) is 0.769. The molecule has 1 aromatic rings. The van der Waals surface area contributed by atoms with Crippen LogP contribution in [0.25, 0.3) is 0 Å². The van der Waals surface area contributed by atoms with Gasteiger partial charge in [0.1, 0.15) is 0 Å². The first kappa shape index (κ1) is 11.4. The van der Waals surface area contributed by atoms with Crippen molar-refractivity contribution in [2.24, 2.45) is 5.92 Å². The van der Waals surface area contributed by atoms with Gasteiger partial charge >= 0.3 is 0 Å². The van der Waals surface area contributed by atoms with Crippen LogP contribution in [0.5, 0.6) is 0 Å². The molecule has 0 aliphatic carbocycles. The lowest BCUT2D eigenvalue weighted by molar-refractivity contribution is 0.250. The van der Waals surface area contributed by atoms with Crippen molar-refractivity contribution in [3.05, 3.63) is 18.0 Å². The smallest absolute Gasteiger partial charge is 0.187 e. The van der Waals surface area contributed by atoms with E-state index in [1.165, 1.54) is 11.8 Å². The first-order valence-electron chi connectivity index (χ1n) is 4.41. The zero-order chi connectivity index (χ0) is 10.4. The molecule has 0 bridgehead atoms. The Morgan fingerprint density at radius 1 is 1.36 bits per heavy atom. The quantitative estimate of drug-likeness (QED) is 0.557. The first-order valence-corrected chi connectivity index (χ1v) is 5.40. The molecule has 0 amide bonds. The van der Waals surface area contributed by atoms with E-state index in [1.54, 1.807) is 12.4 Å². The normalized spacial score (nSPS) is 12.8. The van der Waals surface area contributed by atoms with Gasteiger partial charge in [0.2, 0.25) is 0 Å². The minimum atomic E-state index is -0.0298. The lowest BCUT2D eigenvalue weighted by atomic mass is 10.2. The summed E-state index contributed by atoms with van der Waals surface area (Å²) in [6.45, 7) is 2.12. The van der Waals surface area contributed by atoms with Gasteiger partial charge in [-0.1, -0.05) is 18.7 Å². The van der Waals surface area contributed by atoms with Gasteiger partial charge < -0.3 is 10.2 Å². The number of hydrogen-bond donors (Lipinski definition) is 2. The van der Waals surface area contributed by atoms with Gasteiger partial charge in [-0.2, -0.15) is 0 Å². The number of nitrogens with zero attached hydrogens (tertiary/aromatic N) is 2. The maximum Gasteiger partial charge on any atom is 0.187 e. The summed E-state index contributed by atoms with van der Waals surface area (Å²) in [6.07, 6.45) is 3.22. The van der Waals surface area contributed by atoms with Crippen LogP contribution in [-0.2, 0) is 6.61 Å². The molecular formula is C9H14N2O2S. The Morgan fingerprint density at radius 3 is 2.50 bits per heavy atom. The molecule has 0 aliphatic rings. The summed E-state index contributed by atoms with van der Waals surface area (Å²) in [4.78, 5) is 8.13. The van der Waals surface area contributed by atoms with E-state index in [-0.39, 0.29) is 19.1 Å². The van der Waals surface area contributed by atoms with Crippen LogP contribution in [0.1, 0.15) is 12.5 Å². The summed E-state index contributed by atoms with van der Waals surface area (Å²) in [6, 6.07) is 0. The van der Waals surface area contributed by atoms with Gasteiger partial charge in [-0.3, -0.25) is 0 Å². The van der Waals surface area contributed by atoms with E-state index in [0.29, 0.717) is 10.7 Å². The van der Waals surface area contributed by atoms with Gasteiger partial charge in [-0.25, -0.2) is 9.97 Å². The fraction of sp³-hybridized carbons (Fsp3) is 0.556. The van der Waals surface area contributed by atoms with Gasteiger partial charge in [0.05, 0.1) is 6.61 Å². The Hall–Kier alpha value is -0.650. The summed E-state index contributed by atoms with van der Waals surface area (Å²) in [5.74, 6) is 1.05. The highest BCUT2D eigenvalue weighted by Gasteiger charge is 2.03. The van der Waals surface area contributed by atoms with Gasteiger partial charge in [0.25, 0.3) is 0 Å². The van der Waals surface area contributed by atoms with Crippen molar-refractivity contribution < 1.29 is 10.2 Å². The highest BCUT2D eigenvalue weighted by molar-refractivity contribution is 7.99. The van der Waals surface area contributed by atoms with Gasteiger partial charge in [-0.15, -0.1) is 0 Å². The topological polar surface area (TPSA) is 66.2 Å². The van der Waals surface area contributed by atoms with Crippen LogP contribution in [0.4, 0.5) is 0 Å². The van der Waals surface area contributed by atoms with E-state index in [2.05, 4.69) is 9.97 Å². The predicted molar refractivity (Wildman–Crippen MR) is 54.9 cm³/mol. The SMILES string of the molecule is CC(CO)CSc1ncc(CO)cn1. The number of aliphatic hydroxyl groups excluding tert-OH is 2. The van der Waals surface area contributed by atoms with Crippen LogP contribution in [0.2, 0.25) is 0 Å². The largest absolute Gasteiger partial charge is 0.396 e. The molecule has 1 unspecified atom stereocenters. The molecular weight excluding hydrogens is 200 g/mol. The van der Waals surface area contributed by atoms with Crippen molar-refractivity contribution in [3.63, 3.8) is 0 Å². The lowest BCUT2D eigenvalue weighted by Crippen LogP contribution is -2.04. The van der Waals surface area contributed by atoms with Crippen molar-refractivity contribution in [2.45, 2.75) is 18.7 Å². The Balaban J connectivity index is 2.43. The average Bonchev–Trinajstić information content (AvgIpc) is 2.26. The molecule has 0 spiro atoms. The molecule has 78 valence electrons. The second-order valence-electron chi connectivity index (χ2n) is 3.13. The van der Waals surface area contributed by atoms with Gasteiger partial charge in [0.15, 0.2) is 5.16 Å². The highest BCUT2D eigenvalue weighted by atomic mass is 32.2. The molecule has 0 radical (unpaired) electrons. The summed E-state index contributed by atoms with van der Waals surface area (Å²) in [7, 11) is 0. The maximum atomic E-state index is 8.81. The molecule has 1 heterocycles. The van der Waals surface area contributed by atoms with Crippen LogP contribution in [0.15, 0.2) is 17.6 Å². The molecule has 2 N–H and O–H groups in total. The summed E-state index contributed by atoms with van der Waals surface area (Å²) < 4.78 is 0. The van der Waals surface area contributed by atoms with E-state index < -0.39 is 0 Å². The van der Waals surface area contributed by atoms with Crippen molar-refractivity contribution in [1.29, 1.82) is 0 Å². The third-order valence-corrected chi connectivity index (χ3v) is 2.88. The van der Waals surface area contributed by atoms with Crippen LogP contribution in [0.3, 0.4) is 0 Å². The van der Waals surface area contributed by atoms with E-state index in [9.17, 15) is 0 Å². The van der Waals surface area contributed by atoms with E-state index >= 15 is 0 Å². The molecule has 1 atom stereocenters. The molecule has 4 nitrogen and oxygen atoms in total. The van der Waals surface area contributed by atoms with Crippen LogP contribution < -0.4 is 0 Å². The average molecular weight is 214 g/mol. The number of aromatic nitrogens is 2. The van der Waals surface area contributed by atoms with Crippen LogP contribution in [-0.4, -0.2) is 32.5 Å². The van der Waals surface area contributed by atoms with Crippen molar-refractivity contribution >= 4 is 11.8 Å². The standard InChI is InChI=1S/C9H14N2O2S/c1-7(4-12)6-14-9-10-2-8(5-13)3-11-9/h2-3,7,12-13H,4-6H2,1H3. The van der Waals surface area contributed by atoms with Gasteiger partial charge in [0, 0.05) is 30.3 Å². The molecule has 5 heteroatoms. The second kappa shape index (κ2) is 5.95. The molecule has 0 fully saturated rings. The summed E-state index contributed by atoms with van der Waals surface area (Å²) in [5.41, 5.74) is 0.713.